The van der Waals surface area contributed by atoms with E-state index in [0.29, 0.717) is 0 Å². The fourth-order valence-corrected chi connectivity index (χ4v) is 2.00. The van der Waals surface area contributed by atoms with Crippen LogP contribution in [0.3, 0.4) is 0 Å². The van der Waals surface area contributed by atoms with Crippen molar-refractivity contribution in [3.8, 4) is 17.1 Å². The van der Waals surface area contributed by atoms with Crippen molar-refractivity contribution in [2.24, 2.45) is 0 Å². The molecule has 82 valence electrons. The van der Waals surface area contributed by atoms with Crippen LogP contribution in [0.15, 0.2) is 60.7 Å². The Labute approximate surface area is 99.2 Å². The molecule has 0 bridgehead atoms. The highest BCUT2D eigenvalue weighted by Gasteiger charge is 2.06. The van der Waals surface area contributed by atoms with E-state index in [2.05, 4.69) is 4.98 Å². The van der Waals surface area contributed by atoms with Crippen LogP contribution in [0.2, 0.25) is 0 Å². The molecule has 0 saturated heterocycles. The van der Waals surface area contributed by atoms with Crippen molar-refractivity contribution in [1.82, 2.24) is 4.98 Å². The molecule has 1 heterocycles. The molecule has 2 heteroatoms. The molecule has 0 aliphatic rings. The third kappa shape index (κ3) is 1.74. The maximum absolute atomic E-state index is 9.66. The monoisotopic (exact) mass is 221 g/mol. The van der Waals surface area contributed by atoms with Crippen LogP contribution < -0.4 is 0 Å². The van der Waals surface area contributed by atoms with Crippen molar-refractivity contribution in [3.05, 3.63) is 60.7 Å². The van der Waals surface area contributed by atoms with E-state index in [4.69, 9.17) is 0 Å². The van der Waals surface area contributed by atoms with Gasteiger partial charge in [0.1, 0.15) is 0 Å². The average Bonchev–Trinajstić information content (AvgIpc) is 2.39. The van der Waals surface area contributed by atoms with Gasteiger partial charge in [0.25, 0.3) is 0 Å². The Morgan fingerprint density at radius 2 is 1.53 bits per heavy atom. The molecule has 0 unspecified atom stereocenters. The van der Waals surface area contributed by atoms with Crippen LogP contribution >= 0.6 is 0 Å². The first-order chi connectivity index (χ1) is 8.34. The van der Waals surface area contributed by atoms with Crippen LogP contribution in [0, 0.1) is 0 Å². The molecule has 17 heavy (non-hydrogen) atoms. The number of rotatable bonds is 1. The van der Waals surface area contributed by atoms with E-state index in [1.165, 1.54) is 0 Å². The van der Waals surface area contributed by atoms with Crippen LogP contribution in [-0.2, 0) is 0 Å². The van der Waals surface area contributed by atoms with E-state index in [9.17, 15) is 5.11 Å². The second-order valence-corrected chi connectivity index (χ2v) is 3.92. The minimum absolute atomic E-state index is 0.0579. The smallest absolute Gasteiger partial charge is 0.211 e. The molecule has 0 spiro atoms. The SMILES string of the molecule is Oc1cc2ccccc2c(-c2ccccc2)n1. The van der Waals surface area contributed by atoms with Crippen molar-refractivity contribution >= 4 is 10.8 Å². The Morgan fingerprint density at radius 3 is 2.35 bits per heavy atom. The largest absolute Gasteiger partial charge is 0.493 e. The number of nitrogens with zero attached hydrogens (tertiary/aromatic N) is 1. The topological polar surface area (TPSA) is 33.1 Å². The maximum Gasteiger partial charge on any atom is 0.211 e. The van der Waals surface area contributed by atoms with E-state index in [0.717, 1.165) is 22.0 Å². The second-order valence-electron chi connectivity index (χ2n) is 3.92. The van der Waals surface area contributed by atoms with E-state index in [1.54, 1.807) is 6.07 Å². The van der Waals surface area contributed by atoms with Gasteiger partial charge in [0.15, 0.2) is 0 Å². The maximum atomic E-state index is 9.66. The molecule has 0 aliphatic heterocycles. The highest BCUT2D eigenvalue weighted by Crippen LogP contribution is 2.29. The van der Waals surface area contributed by atoms with E-state index in [-0.39, 0.29) is 5.88 Å². The zero-order chi connectivity index (χ0) is 11.7. The van der Waals surface area contributed by atoms with Gasteiger partial charge < -0.3 is 5.11 Å². The lowest BCUT2D eigenvalue weighted by molar-refractivity contribution is 0.455. The van der Waals surface area contributed by atoms with Crippen molar-refractivity contribution in [3.63, 3.8) is 0 Å². The number of aromatic nitrogens is 1. The molecule has 3 rings (SSSR count). The van der Waals surface area contributed by atoms with E-state index in [1.807, 2.05) is 54.6 Å². The molecule has 0 saturated carbocycles. The minimum Gasteiger partial charge on any atom is -0.493 e. The van der Waals surface area contributed by atoms with Gasteiger partial charge in [0.2, 0.25) is 5.88 Å². The molecule has 0 amide bonds. The third-order valence-electron chi connectivity index (χ3n) is 2.77. The second kappa shape index (κ2) is 3.91. The van der Waals surface area contributed by atoms with Gasteiger partial charge in [0, 0.05) is 17.0 Å². The number of aromatic hydroxyl groups is 1. The Balaban J connectivity index is 2.36. The molecule has 2 nitrogen and oxygen atoms in total. The lowest BCUT2D eigenvalue weighted by Crippen LogP contribution is -1.86. The number of benzene rings is 2. The van der Waals surface area contributed by atoms with E-state index < -0.39 is 0 Å². The fraction of sp³-hybridized carbons (Fsp3) is 0. The summed E-state index contributed by atoms with van der Waals surface area (Å²) in [5.74, 6) is 0.0579. The number of pyridine rings is 1. The first-order valence-corrected chi connectivity index (χ1v) is 5.49. The standard InChI is InChI=1S/C15H11NO/c17-14-10-12-8-4-5-9-13(12)15(16-14)11-6-2-1-3-7-11/h1-10H,(H,16,17). The molecular formula is C15H11NO. The molecule has 0 aliphatic carbocycles. The van der Waals surface area contributed by atoms with Gasteiger partial charge in [-0.15, -0.1) is 0 Å². The molecule has 3 aromatic rings. The van der Waals surface area contributed by atoms with Gasteiger partial charge in [-0.1, -0.05) is 54.6 Å². The lowest BCUT2D eigenvalue weighted by Gasteiger charge is -2.06. The highest BCUT2D eigenvalue weighted by atomic mass is 16.3. The van der Waals surface area contributed by atoms with Gasteiger partial charge in [-0.05, 0) is 5.39 Å². The number of hydrogen-bond donors (Lipinski definition) is 1. The predicted octanol–water partition coefficient (Wildman–Crippen LogP) is 3.61. The quantitative estimate of drug-likeness (QED) is 0.681. The number of fused-ring (bicyclic) bond motifs is 1. The summed E-state index contributed by atoms with van der Waals surface area (Å²) in [7, 11) is 0. The predicted molar refractivity (Wildman–Crippen MR) is 68.8 cm³/mol. The van der Waals surface area contributed by atoms with Crippen LogP contribution in [0.1, 0.15) is 0 Å². The van der Waals surface area contributed by atoms with Gasteiger partial charge >= 0.3 is 0 Å². The van der Waals surface area contributed by atoms with Crippen LogP contribution in [-0.4, -0.2) is 10.1 Å². The number of hydrogen-bond acceptors (Lipinski definition) is 2. The Bertz CT molecular complexity index is 662. The van der Waals surface area contributed by atoms with Gasteiger partial charge in [-0.3, -0.25) is 0 Å². The van der Waals surface area contributed by atoms with Crippen LogP contribution in [0.4, 0.5) is 0 Å². The first-order valence-electron chi connectivity index (χ1n) is 5.49. The minimum atomic E-state index is 0.0579. The van der Waals surface area contributed by atoms with Gasteiger partial charge in [-0.25, -0.2) is 4.98 Å². The Hall–Kier alpha value is -2.35. The summed E-state index contributed by atoms with van der Waals surface area (Å²) in [5.41, 5.74) is 1.83. The lowest BCUT2D eigenvalue weighted by atomic mass is 10.0. The molecule has 1 N–H and O–H groups in total. The summed E-state index contributed by atoms with van der Waals surface area (Å²) in [5, 5.41) is 11.7. The summed E-state index contributed by atoms with van der Waals surface area (Å²) in [6.45, 7) is 0. The summed E-state index contributed by atoms with van der Waals surface area (Å²) in [4.78, 5) is 4.23. The van der Waals surface area contributed by atoms with Crippen LogP contribution in [0.25, 0.3) is 22.0 Å². The summed E-state index contributed by atoms with van der Waals surface area (Å²) in [6, 6.07) is 19.5. The van der Waals surface area contributed by atoms with Crippen molar-refractivity contribution in [2.45, 2.75) is 0 Å². The Kier molecular flexibility index (Phi) is 2.26. The zero-order valence-electron chi connectivity index (χ0n) is 9.17. The van der Waals surface area contributed by atoms with Crippen LogP contribution in [0.5, 0.6) is 5.88 Å². The third-order valence-corrected chi connectivity index (χ3v) is 2.77. The van der Waals surface area contributed by atoms with Gasteiger partial charge in [0.05, 0.1) is 5.69 Å². The summed E-state index contributed by atoms with van der Waals surface area (Å²) in [6.07, 6.45) is 0. The van der Waals surface area contributed by atoms with Crippen molar-refractivity contribution in [2.75, 3.05) is 0 Å². The van der Waals surface area contributed by atoms with E-state index >= 15 is 0 Å². The molecular weight excluding hydrogens is 210 g/mol. The normalized spacial score (nSPS) is 10.6. The van der Waals surface area contributed by atoms with Gasteiger partial charge in [-0.2, -0.15) is 0 Å². The average molecular weight is 221 g/mol. The molecule has 0 atom stereocenters. The summed E-state index contributed by atoms with van der Waals surface area (Å²) < 4.78 is 0. The van der Waals surface area contributed by atoms with Crippen molar-refractivity contribution < 1.29 is 5.11 Å². The molecule has 2 aromatic carbocycles. The molecule has 0 fully saturated rings. The van der Waals surface area contributed by atoms with Crippen molar-refractivity contribution in [1.29, 1.82) is 0 Å². The fourth-order valence-electron chi connectivity index (χ4n) is 2.00. The molecule has 1 aromatic heterocycles. The zero-order valence-corrected chi connectivity index (χ0v) is 9.17. The highest BCUT2D eigenvalue weighted by molar-refractivity contribution is 5.95. The summed E-state index contributed by atoms with van der Waals surface area (Å²) >= 11 is 0. The first kappa shape index (κ1) is 9.85. The molecule has 0 radical (unpaired) electrons. The Morgan fingerprint density at radius 1 is 0.824 bits per heavy atom.